The quantitative estimate of drug-likeness (QED) is 0.549. The Bertz CT molecular complexity index is 589. The van der Waals surface area contributed by atoms with Gasteiger partial charge in [-0.25, -0.2) is 0 Å². The van der Waals surface area contributed by atoms with E-state index in [2.05, 4.69) is 0 Å². The van der Waals surface area contributed by atoms with Crippen molar-refractivity contribution in [2.75, 3.05) is 13.7 Å². The van der Waals surface area contributed by atoms with Crippen LogP contribution in [0.3, 0.4) is 0 Å². The van der Waals surface area contributed by atoms with Gasteiger partial charge < -0.3 is 16.2 Å². The Balaban J connectivity index is 3.71. The van der Waals surface area contributed by atoms with Crippen LogP contribution in [0.2, 0.25) is 0 Å². The molecule has 1 aliphatic carbocycles. The second-order valence-corrected chi connectivity index (χ2v) is 5.13. The predicted octanol–water partition coefficient (Wildman–Crippen LogP) is 0.561. The van der Waals surface area contributed by atoms with E-state index >= 15 is 0 Å². The van der Waals surface area contributed by atoms with Gasteiger partial charge in [-0.05, 0) is 0 Å². The van der Waals surface area contributed by atoms with E-state index in [-0.39, 0.29) is 12.7 Å². The molecule has 0 aromatic heterocycles. The third kappa shape index (κ3) is 3.12. The molecule has 0 spiro atoms. The number of nitrogens with zero attached hydrogens (tertiary/aromatic N) is 2. The number of halogens is 3. The highest BCUT2D eigenvalue weighted by molar-refractivity contribution is 5.43. The summed E-state index contributed by atoms with van der Waals surface area (Å²) < 4.78 is 43.7. The van der Waals surface area contributed by atoms with Crippen molar-refractivity contribution in [3.63, 3.8) is 0 Å². The smallest absolute Gasteiger partial charge is 0.396 e. The molecule has 0 radical (unpaired) electrons. The molecule has 130 valence electrons. The van der Waals surface area contributed by atoms with Gasteiger partial charge in [-0.3, -0.25) is 20.2 Å². The summed E-state index contributed by atoms with van der Waals surface area (Å²) in [4.78, 5) is 20.2. The van der Waals surface area contributed by atoms with E-state index in [4.69, 9.17) is 16.2 Å². The van der Waals surface area contributed by atoms with Gasteiger partial charge in [0, 0.05) is 24.0 Å². The first-order chi connectivity index (χ1) is 10.4. The molecule has 3 atom stereocenters. The number of nitrogens with two attached hydrogens (primary N) is 2. The maximum Gasteiger partial charge on any atom is 0.418 e. The molecule has 1 rings (SSSR count). The van der Waals surface area contributed by atoms with E-state index in [1.807, 2.05) is 0 Å². The summed E-state index contributed by atoms with van der Waals surface area (Å²) in [6.07, 6.45) is -4.94. The largest absolute Gasteiger partial charge is 0.418 e. The Hall–Kier alpha value is -2.21. The van der Waals surface area contributed by atoms with Crippen LogP contribution in [-0.4, -0.2) is 41.3 Å². The topological polar surface area (TPSA) is 148 Å². The molecular formula is C11H15F3N4O5. The second kappa shape index (κ2) is 6.12. The molecule has 0 amide bonds. The first-order valence-corrected chi connectivity index (χ1v) is 6.23. The van der Waals surface area contributed by atoms with E-state index in [1.54, 1.807) is 0 Å². The van der Waals surface area contributed by atoms with Crippen LogP contribution in [0.5, 0.6) is 0 Å². The number of alkyl halides is 3. The van der Waals surface area contributed by atoms with Gasteiger partial charge in [0.25, 0.3) is 11.7 Å². The van der Waals surface area contributed by atoms with Crippen molar-refractivity contribution in [1.82, 2.24) is 0 Å². The maximum absolute atomic E-state index is 13.0. The van der Waals surface area contributed by atoms with Gasteiger partial charge >= 0.3 is 6.18 Å². The van der Waals surface area contributed by atoms with Crippen LogP contribution in [0, 0.1) is 26.1 Å². The predicted molar refractivity (Wildman–Crippen MR) is 71.1 cm³/mol. The van der Waals surface area contributed by atoms with Crippen molar-refractivity contribution in [3.8, 4) is 0 Å². The zero-order valence-electron chi connectivity index (χ0n) is 12.2. The van der Waals surface area contributed by atoms with Crippen molar-refractivity contribution < 1.29 is 27.8 Å². The molecule has 0 saturated carbocycles. The van der Waals surface area contributed by atoms with Gasteiger partial charge in [0.2, 0.25) is 0 Å². The first-order valence-electron chi connectivity index (χ1n) is 6.23. The number of hydrogen-bond acceptors (Lipinski definition) is 7. The Morgan fingerprint density at radius 3 is 2.30 bits per heavy atom. The van der Waals surface area contributed by atoms with E-state index < -0.39 is 50.5 Å². The lowest BCUT2D eigenvalue weighted by Crippen LogP contribution is -2.65. The SMILES string of the molecule is COCC(C)C1(N)C([N+](=O)[O-])=CC(C(F)(F)F)=C(N)C1[N+](=O)[O-]. The Labute approximate surface area is 128 Å². The van der Waals surface area contributed by atoms with E-state index in [0.717, 1.165) is 0 Å². The minimum absolute atomic E-state index is 0.154. The molecule has 23 heavy (non-hydrogen) atoms. The van der Waals surface area contributed by atoms with E-state index in [0.29, 0.717) is 0 Å². The lowest BCUT2D eigenvalue weighted by atomic mass is 9.72. The molecule has 0 aromatic carbocycles. The first kappa shape index (κ1) is 18.8. The van der Waals surface area contributed by atoms with Gasteiger partial charge in [-0.2, -0.15) is 13.2 Å². The molecular weight excluding hydrogens is 325 g/mol. The van der Waals surface area contributed by atoms with Gasteiger partial charge in [0.1, 0.15) is 0 Å². The molecule has 4 N–H and O–H groups in total. The average Bonchev–Trinajstić information content (AvgIpc) is 2.36. The molecule has 3 unspecified atom stereocenters. The van der Waals surface area contributed by atoms with Crippen LogP contribution in [0.1, 0.15) is 6.92 Å². The molecule has 0 heterocycles. The fraction of sp³-hybridized carbons (Fsp3) is 0.636. The summed E-state index contributed by atoms with van der Waals surface area (Å²) in [7, 11) is 1.22. The zero-order chi connectivity index (χ0) is 18.2. The number of rotatable bonds is 5. The normalized spacial score (nSPS) is 26.7. The number of ether oxygens (including phenoxy) is 1. The molecule has 1 aliphatic rings. The van der Waals surface area contributed by atoms with Crippen LogP contribution >= 0.6 is 0 Å². The summed E-state index contributed by atoms with van der Waals surface area (Å²) in [6, 6.07) is -2.31. The minimum Gasteiger partial charge on any atom is -0.396 e. The molecule has 0 aliphatic heterocycles. The minimum atomic E-state index is -5.09. The van der Waals surface area contributed by atoms with Crippen molar-refractivity contribution in [3.05, 3.63) is 43.3 Å². The van der Waals surface area contributed by atoms with Crippen molar-refractivity contribution in [2.24, 2.45) is 17.4 Å². The van der Waals surface area contributed by atoms with Crippen LogP contribution < -0.4 is 11.5 Å². The highest BCUT2D eigenvalue weighted by Crippen LogP contribution is 2.41. The summed E-state index contributed by atoms with van der Waals surface area (Å²) >= 11 is 0. The number of nitro groups is 2. The second-order valence-electron chi connectivity index (χ2n) is 5.13. The Morgan fingerprint density at radius 2 is 1.96 bits per heavy atom. The Kier molecular flexibility index (Phi) is 5.01. The number of allylic oxidation sites excluding steroid dienone is 2. The highest BCUT2D eigenvalue weighted by atomic mass is 19.4. The van der Waals surface area contributed by atoms with E-state index in [9.17, 15) is 33.4 Å². The van der Waals surface area contributed by atoms with Gasteiger partial charge in [-0.15, -0.1) is 0 Å². The van der Waals surface area contributed by atoms with Gasteiger partial charge in [0.05, 0.1) is 22.8 Å². The lowest BCUT2D eigenvalue weighted by Gasteiger charge is -2.37. The van der Waals surface area contributed by atoms with Crippen LogP contribution in [0.15, 0.2) is 23.0 Å². The Morgan fingerprint density at radius 1 is 1.43 bits per heavy atom. The fourth-order valence-corrected chi connectivity index (χ4v) is 2.54. The van der Waals surface area contributed by atoms with Crippen molar-refractivity contribution >= 4 is 0 Å². The van der Waals surface area contributed by atoms with Gasteiger partial charge in [0.15, 0.2) is 5.54 Å². The summed E-state index contributed by atoms with van der Waals surface area (Å²) in [5, 5.41) is 22.5. The number of methoxy groups -OCH3 is 1. The van der Waals surface area contributed by atoms with Crippen molar-refractivity contribution in [2.45, 2.75) is 24.7 Å². The summed E-state index contributed by atoms with van der Waals surface area (Å²) in [5.74, 6) is -1.05. The molecule has 0 bridgehead atoms. The third-order valence-electron chi connectivity index (χ3n) is 3.73. The summed E-state index contributed by atoms with van der Waals surface area (Å²) in [5.41, 5.74) is 4.87. The van der Waals surface area contributed by atoms with Crippen LogP contribution in [0.4, 0.5) is 13.2 Å². The molecule has 0 saturated heterocycles. The van der Waals surface area contributed by atoms with Gasteiger partial charge in [-0.1, -0.05) is 6.92 Å². The van der Waals surface area contributed by atoms with E-state index in [1.165, 1.54) is 14.0 Å². The maximum atomic E-state index is 13.0. The third-order valence-corrected chi connectivity index (χ3v) is 3.73. The average molecular weight is 340 g/mol. The molecule has 0 aromatic rings. The molecule has 12 heteroatoms. The van der Waals surface area contributed by atoms with Crippen LogP contribution in [0.25, 0.3) is 0 Å². The standard InChI is InChI=1S/C11H15F3N4O5/c1-5(4-23-2)10(16)7(17(19)20)3-6(11(12,13)14)8(15)9(10)18(21)22/h3,5,9H,4,15-16H2,1-2H3. The summed E-state index contributed by atoms with van der Waals surface area (Å²) in [6.45, 7) is 1.05. The van der Waals surface area contributed by atoms with Crippen molar-refractivity contribution in [1.29, 1.82) is 0 Å². The molecule has 9 nitrogen and oxygen atoms in total. The number of hydrogen-bond donors (Lipinski definition) is 2. The highest BCUT2D eigenvalue weighted by Gasteiger charge is 2.62. The molecule has 0 fully saturated rings. The van der Waals surface area contributed by atoms with Crippen LogP contribution in [-0.2, 0) is 4.74 Å². The fourth-order valence-electron chi connectivity index (χ4n) is 2.54. The monoisotopic (exact) mass is 340 g/mol. The zero-order valence-corrected chi connectivity index (χ0v) is 12.2. The lowest BCUT2D eigenvalue weighted by molar-refractivity contribution is -0.536.